The van der Waals surface area contributed by atoms with Crippen LogP contribution in [0.25, 0.3) is 0 Å². The van der Waals surface area contributed by atoms with Crippen molar-refractivity contribution in [2.24, 2.45) is 0 Å². The number of anilines is 1. The van der Waals surface area contributed by atoms with E-state index in [0.29, 0.717) is 11.5 Å². The third-order valence-electron chi connectivity index (χ3n) is 7.62. The number of benzene rings is 3. The molecule has 1 aliphatic rings. The van der Waals surface area contributed by atoms with Crippen LogP contribution in [0.4, 0.5) is 5.69 Å². The van der Waals surface area contributed by atoms with Crippen LogP contribution >= 0.6 is 0 Å². The topological polar surface area (TPSA) is 114 Å². The molecule has 0 aromatic heterocycles. The number of hydrogen-bond donors (Lipinski definition) is 1. The predicted molar refractivity (Wildman–Crippen MR) is 164 cm³/mol. The van der Waals surface area contributed by atoms with Gasteiger partial charge in [-0.2, -0.15) is 0 Å². The third kappa shape index (κ3) is 7.59. The van der Waals surface area contributed by atoms with Crippen molar-refractivity contribution in [1.29, 1.82) is 0 Å². The lowest BCUT2D eigenvalue weighted by Crippen LogP contribution is -2.52. The Labute approximate surface area is 253 Å². The third-order valence-corrected chi connectivity index (χ3v) is 9.39. The predicted octanol–water partition coefficient (Wildman–Crippen LogP) is 4.38. The molecule has 1 N–H and O–H groups in total. The molecule has 10 nitrogen and oxygen atoms in total. The molecule has 3 aromatic rings. The molecule has 0 aliphatic heterocycles. The second-order valence-corrected chi connectivity index (χ2v) is 12.3. The summed E-state index contributed by atoms with van der Waals surface area (Å²) in [6, 6.07) is 19.0. The zero-order valence-electron chi connectivity index (χ0n) is 25.0. The molecule has 0 radical (unpaired) electrons. The number of nitrogens with one attached hydrogen (secondary N) is 1. The highest BCUT2D eigenvalue weighted by Crippen LogP contribution is 2.36. The Kier molecular flexibility index (Phi) is 10.5. The number of nitrogens with zero attached hydrogens (tertiary/aromatic N) is 2. The lowest BCUT2D eigenvalue weighted by molar-refractivity contribution is -0.139. The molecule has 1 atom stereocenters. The molecule has 0 heterocycles. The van der Waals surface area contributed by atoms with Crippen molar-refractivity contribution in [1.82, 2.24) is 10.2 Å². The Bertz CT molecular complexity index is 1510. The van der Waals surface area contributed by atoms with Gasteiger partial charge in [-0.05, 0) is 61.7 Å². The van der Waals surface area contributed by atoms with Gasteiger partial charge in [0.1, 0.15) is 29.8 Å². The van der Waals surface area contributed by atoms with E-state index < -0.39 is 28.5 Å². The van der Waals surface area contributed by atoms with Gasteiger partial charge in [0.05, 0.1) is 31.9 Å². The average Bonchev–Trinajstić information content (AvgIpc) is 3.55. The summed E-state index contributed by atoms with van der Waals surface area (Å²) >= 11 is 0. The minimum atomic E-state index is -4.26. The van der Waals surface area contributed by atoms with Gasteiger partial charge in [-0.3, -0.25) is 13.9 Å². The maximum Gasteiger partial charge on any atom is 0.264 e. The fourth-order valence-electron chi connectivity index (χ4n) is 5.17. The number of methoxy groups -OCH3 is 3. The first-order valence-electron chi connectivity index (χ1n) is 14.2. The summed E-state index contributed by atoms with van der Waals surface area (Å²) in [5, 5.41) is 3.07. The second-order valence-electron chi connectivity index (χ2n) is 10.4. The van der Waals surface area contributed by atoms with Crippen LogP contribution in [0.3, 0.4) is 0 Å². The van der Waals surface area contributed by atoms with Crippen LogP contribution in [0, 0.1) is 0 Å². The second kappa shape index (κ2) is 14.3. The molecule has 1 saturated carbocycles. The SMILES string of the molecule is COc1cccc(CN(C(=O)CN(c2cc(OC)ccc2OC)S(=O)(=O)c2ccccc2)C(C)C(=O)NC2CCCC2)c1. The zero-order chi connectivity index (χ0) is 31.0. The van der Waals surface area contributed by atoms with Gasteiger partial charge in [-0.25, -0.2) is 8.42 Å². The largest absolute Gasteiger partial charge is 0.497 e. The molecule has 43 heavy (non-hydrogen) atoms. The van der Waals surface area contributed by atoms with Gasteiger partial charge in [-0.1, -0.05) is 43.2 Å². The van der Waals surface area contributed by atoms with Crippen molar-refractivity contribution >= 4 is 27.5 Å². The van der Waals surface area contributed by atoms with E-state index in [0.717, 1.165) is 35.6 Å². The summed E-state index contributed by atoms with van der Waals surface area (Å²) in [6.45, 7) is 1.13. The van der Waals surface area contributed by atoms with Gasteiger partial charge in [0.25, 0.3) is 10.0 Å². The highest BCUT2D eigenvalue weighted by Gasteiger charge is 2.34. The molecule has 0 spiro atoms. The smallest absolute Gasteiger partial charge is 0.264 e. The van der Waals surface area contributed by atoms with E-state index in [1.54, 1.807) is 62.6 Å². The monoisotopic (exact) mass is 609 g/mol. The van der Waals surface area contributed by atoms with Crippen molar-refractivity contribution in [2.45, 2.75) is 56.1 Å². The highest BCUT2D eigenvalue weighted by atomic mass is 32.2. The average molecular weight is 610 g/mol. The first kappa shape index (κ1) is 31.7. The van der Waals surface area contributed by atoms with E-state index in [-0.39, 0.29) is 34.8 Å². The minimum Gasteiger partial charge on any atom is -0.497 e. The molecule has 1 fully saturated rings. The summed E-state index contributed by atoms with van der Waals surface area (Å²) in [5.41, 5.74) is 0.855. The normalized spacial score (nSPS) is 14.0. The van der Waals surface area contributed by atoms with Crippen LogP contribution < -0.4 is 23.8 Å². The summed E-state index contributed by atoms with van der Waals surface area (Å²) < 4.78 is 45.4. The van der Waals surface area contributed by atoms with Crippen LogP contribution in [0.5, 0.6) is 17.2 Å². The van der Waals surface area contributed by atoms with Crippen molar-refractivity contribution in [3.63, 3.8) is 0 Å². The van der Waals surface area contributed by atoms with E-state index >= 15 is 0 Å². The Hall–Kier alpha value is -4.25. The molecule has 0 saturated heterocycles. The van der Waals surface area contributed by atoms with Crippen LogP contribution in [-0.4, -0.2) is 65.1 Å². The molecule has 230 valence electrons. The summed E-state index contributed by atoms with van der Waals surface area (Å²) in [4.78, 5) is 29.1. The fraction of sp³-hybridized carbons (Fsp3) is 0.375. The Morgan fingerprint density at radius 1 is 0.884 bits per heavy atom. The quantitative estimate of drug-likeness (QED) is 0.306. The van der Waals surface area contributed by atoms with Crippen molar-refractivity contribution in [2.75, 3.05) is 32.2 Å². The lowest BCUT2D eigenvalue weighted by atomic mass is 10.1. The van der Waals surface area contributed by atoms with Crippen molar-refractivity contribution in [3.8, 4) is 17.2 Å². The molecular weight excluding hydrogens is 570 g/mol. The maximum absolute atomic E-state index is 14.2. The van der Waals surface area contributed by atoms with E-state index in [1.807, 2.05) is 6.07 Å². The molecule has 2 amide bonds. The Morgan fingerprint density at radius 2 is 1.56 bits per heavy atom. The molecule has 11 heteroatoms. The number of hydrogen-bond acceptors (Lipinski definition) is 7. The summed E-state index contributed by atoms with van der Waals surface area (Å²) in [6.07, 6.45) is 3.86. The number of amides is 2. The van der Waals surface area contributed by atoms with Gasteiger partial charge in [0.15, 0.2) is 0 Å². The van der Waals surface area contributed by atoms with Gasteiger partial charge >= 0.3 is 0 Å². The van der Waals surface area contributed by atoms with E-state index in [1.165, 1.54) is 37.3 Å². The first-order chi connectivity index (χ1) is 20.7. The van der Waals surface area contributed by atoms with Crippen LogP contribution in [-0.2, 0) is 26.2 Å². The maximum atomic E-state index is 14.2. The van der Waals surface area contributed by atoms with Crippen LogP contribution in [0.1, 0.15) is 38.2 Å². The van der Waals surface area contributed by atoms with E-state index in [2.05, 4.69) is 5.32 Å². The van der Waals surface area contributed by atoms with E-state index in [4.69, 9.17) is 14.2 Å². The summed E-state index contributed by atoms with van der Waals surface area (Å²) in [5.74, 6) is 0.358. The number of ether oxygens (including phenoxy) is 3. The fourth-order valence-corrected chi connectivity index (χ4v) is 6.60. The lowest BCUT2D eigenvalue weighted by Gasteiger charge is -2.33. The van der Waals surface area contributed by atoms with Gasteiger partial charge < -0.3 is 24.4 Å². The summed E-state index contributed by atoms with van der Waals surface area (Å²) in [7, 11) is 0.178. The number of carbonyl (C=O) groups excluding carboxylic acids is 2. The van der Waals surface area contributed by atoms with Crippen molar-refractivity contribution in [3.05, 3.63) is 78.4 Å². The standard InChI is InChI=1S/C32H39N3O7S/c1-23(32(37)33-25-12-8-9-13-25)34(21-24-11-10-14-26(19-24)40-2)31(36)22-35(43(38,39)28-15-6-5-7-16-28)29-20-27(41-3)17-18-30(29)42-4/h5-7,10-11,14-20,23,25H,8-9,12-13,21-22H2,1-4H3,(H,33,37). The van der Waals surface area contributed by atoms with Gasteiger partial charge in [0, 0.05) is 18.7 Å². The highest BCUT2D eigenvalue weighted by molar-refractivity contribution is 7.92. The molecule has 3 aromatic carbocycles. The molecular formula is C32H39N3O7S. The number of rotatable bonds is 13. The van der Waals surface area contributed by atoms with Crippen LogP contribution in [0.2, 0.25) is 0 Å². The van der Waals surface area contributed by atoms with Crippen LogP contribution in [0.15, 0.2) is 77.7 Å². The zero-order valence-corrected chi connectivity index (χ0v) is 25.8. The molecule has 4 rings (SSSR count). The van der Waals surface area contributed by atoms with E-state index in [9.17, 15) is 18.0 Å². The number of carbonyl (C=O) groups is 2. The number of sulfonamides is 1. The first-order valence-corrected chi connectivity index (χ1v) is 15.6. The Morgan fingerprint density at radius 3 is 2.21 bits per heavy atom. The molecule has 1 aliphatic carbocycles. The minimum absolute atomic E-state index is 0.000886. The molecule has 1 unspecified atom stereocenters. The Balaban J connectivity index is 1.75. The van der Waals surface area contributed by atoms with Gasteiger partial charge in [-0.15, -0.1) is 0 Å². The van der Waals surface area contributed by atoms with Crippen molar-refractivity contribution < 1.29 is 32.2 Å². The van der Waals surface area contributed by atoms with Gasteiger partial charge in [0.2, 0.25) is 11.8 Å². The molecule has 0 bridgehead atoms.